The minimum absolute atomic E-state index is 0.0710. The molecule has 0 aromatic heterocycles. The van der Waals surface area contributed by atoms with Gasteiger partial charge in [-0.2, -0.15) is 5.26 Å². The van der Waals surface area contributed by atoms with Crippen LogP contribution < -0.4 is 10.9 Å². The summed E-state index contributed by atoms with van der Waals surface area (Å²) in [5, 5.41) is 17.7. The van der Waals surface area contributed by atoms with E-state index in [1.54, 1.807) is 6.07 Å². The molecule has 98 valence electrons. The van der Waals surface area contributed by atoms with E-state index in [4.69, 9.17) is 10.4 Å². The number of rotatable bonds is 3. The fourth-order valence-corrected chi connectivity index (χ4v) is 2.60. The maximum atomic E-state index is 10.9. The minimum atomic E-state index is -1.19. The number of nitriles is 1. The van der Waals surface area contributed by atoms with Crippen LogP contribution in [-0.4, -0.2) is 17.6 Å². The number of hydrazine groups is 1. The van der Waals surface area contributed by atoms with E-state index in [2.05, 4.69) is 26.8 Å². The molecule has 1 aliphatic rings. The van der Waals surface area contributed by atoms with Crippen molar-refractivity contribution in [1.82, 2.24) is 10.9 Å². The topological polar surface area (TPSA) is 85.2 Å². The highest BCUT2D eigenvalue weighted by molar-refractivity contribution is 9.10. The van der Waals surface area contributed by atoms with E-state index in [1.165, 1.54) is 6.08 Å². The first-order chi connectivity index (χ1) is 9.13. The molecule has 2 unspecified atom stereocenters. The quantitative estimate of drug-likeness (QED) is 0.583. The second kappa shape index (κ2) is 5.97. The van der Waals surface area contributed by atoms with E-state index in [9.17, 15) is 4.79 Å². The maximum absolute atomic E-state index is 10.9. The van der Waals surface area contributed by atoms with Crippen molar-refractivity contribution in [2.24, 2.45) is 5.92 Å². The highest BCUT2D eigenvalue weighted by atomic mass is 79.9. The molecule has 19 heavy (non-hydrogen) atoms. The zero-order valence-electron chi connectivity index (χ0n) is 9.93. The van der Waals surface area contributed by atoms with Crippen LogP contribution in [0.4, 0.5) is 0 Å². The maximum Gasteiger partial charge on any atom is 0.346 e. The molecule has 1 aromatic rings. The molecule has 1 heterocycles. The van der Waals surface area contributed by atoms with Crippen LogP contribution in [0.1, 0.15) is 11.6 Å². The zero-order chi connectivity index (χ0) is 13.8. The number of halogens is 1. The molecular weight excluding hydrogens is 310 g/mol. The van der Waals surface area contributed by atoms with Gasteiger partial charge in [0.1, 0.15) is 11.6 Å². The number of nitrogens with zero attached hydrogens (tertiary/aromatic N) is 1. The first-order valence-electron chi connectivity index (χ1n) is 5.71. The molecule has 0 radical (unpaired) electrons. The Kier molecular flexibility index (Phi) is 4.32. The van der Waals surface area contributed by atoms with Crippen LogP contribution in [0.15, 0.2) is 40.4 Å². The first kappa shape index (κ1) is 13.7. The van der Waals surface area contributed by atoms with Crippen molar-refractivity contribution in [2.45, 2.75) is 6.04 Å². The summed E-state index contributed by atoms with van der Waals surface area (Å²) in [6.07, 6.45) is 1.50. The van der Waals surface area contributed by atoms with Gasteiger partial charge >= 0.3 is 5.97 Å². The number of hydrogen-bond donors (Lipinski definition) is 3. The Labute approximate surface area is 119 Å². The van der Waals surface area contributed by atoms with Gasteiger partial charge < -0.3 is 5.11 Å². The van der Waals surface area contributed by atoms with Crippen LogP contribution >= 0.6 is 15.9 Å². The lowest BCUT2D eigenvalue weighted by Gasteiger charge is -2.17. The van der Waals surface area contributed by atoms with Crippen molar-refractivity contribution in [3.05, 3.63) is 46.0 Å². The minimum Gasteiger partial charge on any atom is -0.477 e. The van der Waals surface area contributed by atoms with E-state index in [1.807, 2.05) is 24.3 Å². The molecule has 2 atom stereocenters. The van der Waals surface area contributed by atoms with Gasteiger partial charge in [-0.1, -0.05) is 40.2 Å². The summed E-state index contributed by atoms with van der Waals surface area (Å²) in [5.74, 6) is -1.29. The number of hydrogen-bond acceptors (Lipinski definition) is 4. The van der Waals surface area contributed by atoms with Gasteiger partial charge in [-0.25, -0.2) is 10.2 Å². The van der Waals surface area contributed by atoms with Gasteiger partial charge in [0.2, 0.25) is 0 Å². The molecule has 1 aliphatic heterocycles. The van der Waals surface area contributed by atoms with Crippen LogP contribution in [0.25, 0.3) is 0 Å². The van der Waals surface area contributed by atoms with Crippen molar-refractivity contribution >= 4 is 21.9 Å². The average Bonchev–Trinajstić information content (AvgIpc) is 2.84. The standard InChI is InChI=1S/C13H12BrN3O2/c14-11-4-2-1-3-10(11)12-9(7-16-17-12)5-8(6-15)13(18)19/h1-5,9,12,16-17H,7H2,(H,18,19)/b8-5-. The third-order valence-electron chi connectivity index (χ3n) is 3.00. The molecule has 1 fully saturated rings. The molecule has 3 N–H and O–H groups in total. The van der Waals surface area contributed by atoms with E-state index in [0.717, 1.165) is 10.0 Å². The molecule has 1 aromatic carbocycles. The smallest absolute Gasteiger partial charge is 0.346 e. The summed E-state index contributed by atoms with van der Waals surface area (Å²) >= 11 is 3.48. The number of aliphatic carboxylic acids is 1. The Balaban J connectivity index is 2.30. The first-order valence-corrected chi connectivity index (χ1v) is 6.51. The van der Waals surface area contributed by atoms with Gasteiger partial charge in [-0.05, 0) is 11.6 Å². The SMILES string of the molecule is N#C/C(=C/C1CNNC1c1ccccc1Br)C(=O)O. The Morgan fingerprint density at radius 2 is 2.26 bits per heavy atom. The number of carbonyl (C=O) groups is 1. The number of carboxylic acid groups (broad SMARTS) is 1. The van der Waals surface area contributed by atoms with E-state index < -0.39 is 5.97 Å². The summed E-state index contributed by atoms with van der Waals surface area (Å²) in [4.78, 5) is 10.9. The van der Waals surface area contributed by atoms with Crippen molar-refractivity contribution in [3.63, 3.8) is 0 Å². The van der Waals surface area contributed by atoms with E-state index >= 15 is 0 Å². The molecule has 0 spiro atoms. The van der Waals surface area contributed by atoms with Gasteiger partial charge in [-0.15, -0.1) is 0 Å². The van der Waals surface area contributed by atoms with Gasteiger partial charge in [-0.3, -0.25) is 5.43 Å². The van der Waals surface area contributed by atoms with Crippen LogP contribution in [0.2, 0.25) is 0 Å². The normalized spacial score (nSPS) is 23.1. The zero-order valence-corrected chi connectivity index (χ0v) is 11.5. The van der Waals surface area contributed by atoms with Crippen LogP contribution in [0.5, 0.6) is 0 Å². The van der Waals surface area contributed by atoms with Crippen LogP contribution in [-0.2, 0) is 4.79 Å². The molecule has 5 nitrogen and oxygen atoms in total. The monoisotopic (exact) mass is 321 g/mol. The Morgan fingerprint density at radius 3 is 2.89 bits per heavy atom. The van der Waals surface area contributed by atoms with Crippen molar-refractivity contribution in [2.75, 3.05) is 6.54 Å². The molecule has 1 saturated heterocycles. The predicted octanol–water partition coefficient (Wildman–Crippen LogP) is 1.75. The highest BCUT2D eigenvalue weighted by Gasteiger charge is 2.29. The van der Waals surface area contributed by atoms with Gasteiger partial charge in [0.15, 0.2) is 0 Å². The second-order valence-corrected chi connectivity index (χ2v) is 5.04. The Morgan fingerprint density at radius 1 is 1.53 bits per heavy atom. The summed E-state index contributed by atoms with van der Waals surface area (Å²) in [5.41, 5.74) is 6.90. The fourth-order valence-electron chi connectivity index (χ4n) is 2.07. The van der Waals surface area contributed by atoms with Crippen LogP contribution in [0, 0.1) is 17.2 Å². The van der Waals surface area contributed by atoms with Crippen molar-refractivity contribution < 1.29 is 9.90 Å². The lowest BCUT2D eigenvalue weighted by Crippen LogP contribution is -2.25. The Bertz CT molecular complexity index is 565. The second-order valence-electron chi connectivity index (χ2n) is 4.19. The molecular formula is C13H12BrN3O2. The summed E-state index contributed by atoms with van der Waals surface area (Å²) in [6.45, 7) is 0.574. The summed E-state index contributed by atoms with van der Waals surface area (Å²) < 4.78 is 0.948. The summed E-state index contributed by atoms with van der Waals surface area (Å²) in [6, 6.07) is 9.36. The molecule has 0 bridgehead atoms. The number of carboxylic acids is 1. The van der Waals surface area contributed by atoms with E-state index in [-0.39, 0.29) is 17.5 Å². The third kappa shape index (κ3) is 3.01. The summed E-state index contributed by atoms with van der Waals surface area (Å²) in [7, 11) is 0. The highest BCUT2D eigenvalue weighted by Crippen LogP contribution is 2.31. The molecule has 0 amide bonds. The van der Waals surface area contributed by atoms with Gasteiger partial charge in [0.05, 0.1) is 6.04 Å². The van der Waals surface area contributed by atoms with Crippen LogP contribution in [0.3, 0.4) is 0 Å². The average molecular weight is 322 g/mol. The fraction of sp³-hybridized carbons (Fsp3) is 0.231. The number of nitrogens with one attached hydrogen (secondary N) is 2. The number of benzene rings is 1. The van der Waals surface area contributed by atoms with Crippen molar-refractivity contribution in [1.29, 1.82) is 5.26 Å². The lowest BCUT2D eigenvalue weighted by molar-refractivity contribution is -0.132. The molecule has 6 heteroatoms. The Hall–Kier alpha value is -1.68. The lowest BCUT2D eigenvalue weighted by atomic mass is 9.93. The largest absolute Gasteiger partial charge is 0.477 e. The predicted molar refractivity (Wildman–Crippen MR) is 72.8 cm³/mol. The van der Waals surface area contributed by atoms with E-state index in [0.29, 0.717) is 6.54 Å². The van der Waals surface area contributed by atoms with Gasteiger partial charge in [0.25, 0.3) is 0 Å². The van der Waals surface area contributed by atoms with Crippen molar-refractivity contribution in [3.8, 4) is 6.07 Å². The van der Waals surface area contributed by atoms with Gasteiger partial charge in [0, 0.05) is 16.9 Å². The molecule has 2 rings (SSSR count). The molecule has 0 aliphatic carbocycles. The molecule has 0 saturated carbocycles. The third-order valence-corrected chi connectivity index (χ3v) is 3.72.